The van der Waals surface area contributed by atoms with E-state index in [-0.39, 0.29) is 22.0 Å². The highest BCUT2D eigenvalue weighted by Crippen LogP contribution is 2.36. The number of nitrogens with zero attached hydrogens (tertiary/aromatic N) is 1. The lowest BCUT2D eigenvalue weighted by Crippen LogP contribution is -2.63. The number of thiocarbonyl (C=S) groups is 1. The van der Waals surface area contributed by atoms with Crippen LogP contribution in [-0.2, 0) is 10.0 Å². The van der Waals surface area contributed by atoms with Gasteiger partial charge in [-0.2, -0.15) is 5.06 Å². The van der Waals surface area contributed by atoms with Crippen molar-refractivity contribution in [3.63, 3.8) is 0 Å². The minimum atomic E-state index is -3.76. The molecule has 0 radical (unpaired) electrons. The molecule has 0 atom stereocenters. The molecule has 9 heteroatoms. The van der Waals surface area contributed by atoms with Crippen molar-refractivity contribution in [3.8, 4) is 0 Å². The van der Waals surface area contributed by atoms with Crippen LogP contribution in [0.3, 0.4) is 0 Å². The summed E-state index contributed by atoms with van der Waals surface area (Å²) in [6, 6.07) is 6.26. The predicted molar refractivity (Wildman–Crippen MR) is 102 cm³/mol. The molecular formula is C16H26N4O3S2. The highest BCUT2D eigenvalue weighted by molar-refractivity contribution is 7.89. The fourth-order valence-corrected chi connectivity index (χ4v) is 4.32. The summed E-state index contributed by atoms with van der Waals surface area (Å²) in [4.78, 5) is 0.0242. The number of rotatable bonds is 3. The predicted octanol–water partition coefficient (Wildman–Crippen LogP) is 2.03. The highest BCUT2D eigenvalue weighted by Gasteiger charge is 2.45. The maximum atomic E-state index is 11.4. The lowest BCUT2D eigenvalue weighted by Gasteiger charge is -2.51. The van der Waals surface area contributed by atoms with Gasteiger partial charge in [-0.15, -0.1) is 0 Å². The molecule has 0 spiro atoms. The van der Waals surface area contributed by atoms with Crippen molar-refractivity contribution in [1.29, 1.82) is 0 Å². The Bertz CT molecular complexity index is 744. The van der Waals surface area contributed by atoms with Crippen molar-refractivity contribution >= 4 is 33.0 Å². The second-order valence-electron chi connectivity index (χ2n) is 7.71. The van der Waals surface area contributed by atoms with E-state index in [9.17, 15) is 13.6 Å². The summed E-state index contributed by atoms with van der Waals surface area (Å²) in [5, 5.41) is 23.5. The van der Waals surface area contributed by atoms with Crippen LogP contribution in [0.4, 0.5) is 5.69 Å². The van der Waals surface area contributed by atoms with Gasteiger partial charge in [-0.25, -0.2) is 13.6 Å². The van der Waals surface area contributed by atoms with E-state index in [0.29, 0.717) is 23.6 Å². The molecule has 2 rings (SSSR count). The molecule has 5 N–H and O–H groups in total. The molecule has 7 nitrogen and oxygen atoms in total. The molecule has 0 amide bonds. The molecule has 25 heavy (non-hydrogen) atoms. The van der Waals surface area contributed by atoms with Gasteiger partial charge in [0.05, 0.1) is 4.90 Å². The van der Waals surface area contributed by atoms with Gasteiger partial charge in [-0.05, 0) is 71.0 Å². The quantitative estimate of drug-likeness (QED) is 0.589. The van der Waals surface area contributed by atoms with Crippen molar-refractivity contribution in [2.45, 2.75) is 62.6 Å². The maximum Gasteiger partial charge on any atom is 0.238 e. The molecule has 1 aliphatic rings. The number of piperidine rings is 1. The summed E-state index contributed by atoms with van der Waals surface area (Å²) in [6.45, 7) is 7.92. The molecule has 1 aromatic carbocycles. The topological polar surface area (TPSA) is 108 Å². The average Bonchev–Trinajstić information content (AvgIpc) is 2.43. The number of primary sulfonamides is 1. The largest absolute Gasteiger partial charge is 0.360 e. The first-order chi connectivity index (χ1) is 11.3. The Kier molecular flexibility index (Phi) is 5.46. The van der Waals surface area contributed by atoms with Crippen LogP contribution in [0.1, 0.15) is 40.5 Å². The van der Waals surface area contributed by atoms with Gasteiger partial charge in [0.15, 0.2) is 5.11 Å². The number of hydroxylamine groups is 2. The van der Waals surface area contributed by atoms with Gasteiger partial charge in [-0.1, -0.05) is 6.07 Å². The molecule has 0 aliphatic carbocycles. The molecule has 0 unspecified atom stereocenters. The normalized spacial score (nSPS) is 20.9. The summed E-state index contributed by atoms with van der Waals surface area (Å²) in [5.74, 6) is 0. The first-order valence-electron chi connectivity index (χ1n) is 8.01. The number of nitrogens with two attached hydrogens (primary N) is 1. The van der Waals surface area contributed by atoms with Crippen LogP contribution in [0.15, 0.2) is 29.2 Å². The van der Waals surface area contributed by atoms with Crippen LogP contribution in [0, 0.1) is 0 Å². The summed E-state index contributed by atoms with van der Waals surface area (Å²) in [7, 11) is -3.76. The van der Waals surface area contributed by atoms with Gasteiger partial charge in [0.2, 0.25) is 10.0 Å². The van der Waals surface area contributed by atoms with Gasteiger partial charge < -0.3 is 15.8 Å². The minimum absolute atomic E-state index is 0.0242. The first kappa shape index (κ1) is 20.1. The van der Waals surface area contributed by atoms with Gasteiger partial charge in [0.25, 0.3) is 0 Å². The van der Waals surface area contributed by atoms with E-state index in [1.165, 1.54) is 17.2 Å². The van der Waals surface area contributed by atoms with E-state index < -0.39 is 10.0 Å². The summed E-state index contributed by atoms with van der Waals surface area (Å²) < 4.78 is 22.9. The Morgan fingerprint density at radius 3 is 2.36 bits per heavy atom. The second kappa shape index (κ2) is 6.81. The lowest BCUT2D eigenvalue weighted by molar-refractivity contribution is -0.245. The maximum absolute atomic E-state index is 11.4. The zero-order chi connectivity index (χ0) is 19.0. The Balaban J connectivity index is 2.06. The van der Waals surface area contributed by atoms with Gasteiger partial charge in [0, 0.05) is 22.8 Å². The Morgan fingerprint density at radius 2 is 1.84 bits per heavy atom. The van der Waals surface area contributed by atoms with Crippen molar-refractivity contribution < 1.29 is 13.6 Å². The van der Waals surface area contributed by atoms with E-state index in [0.717, 1.165) is 0 Å². The van der Waals surface area contributed by atoms with E-state index in [1.54, 1.807) is 12.1 Å². The number of nitrogens with one attached hydrogen (secondary N) is 2. The number of sulfonamides is 1. The van der Waals surface area contributed by atoms with Crippen molar-refractivity contribution in [2.24, 2.45) is 5.14 Å². The molecule has 1 saturated heterocycles. The zero-order valence-corrected chi connectivity index (χ0v) is 16.5. The van der Waals surface area contributed by atoms with Crippen LogP contribution in [0.25, 0.3) is 0 Å². The fourth-order valence-electron chi connectivity index (χ4n) is 3.48. The first-order valence-corrected chi connectivity index (χ1v) is 9.96. The van der Waals surface area contributed by atoms with Gasteiger partial charge >= 0.3 is 0 Å². The number of anilines is 1. The Labute approximate surface area is 154 Å². The molecular weight excluding hydrogens is 360 g/mol. The third kappa shape index (κ3) is 4.89. The number of hydrogen-bond acceptors (Lipinski definition) is 5. The molecule has 140 valence electrons. The zero-order valence-electron chi connectivity index (χ0n) is 14.9. The van der Waals surface area contributed by atoms with Crippen molar-refractivity contribution in [1.82, 2.24) is 10.4 Å². The molecule has 1 aromatic rings. The molecule has 1 fully saturated rings. The average molecular weight is 387 g/mol. The van der Waals surface area contributed by atoms with Gasteiger partial charge in [-0.3, -0.25) is 0 Å². The smallest absolute Gasteiger partial charge is 0.238 e. The molecule has 1 heterocycles. The van der Waals surface area contributed by atoms with E-state index >= 15 is 0 Å². The van der Waals surface area contributed by atoms with Gasteiger partial charge in [0.1, 0.15) is 0 Å². The van der Waals surface area contributed by atoms with Crippen LogP contribution >= 0.6 is 12.2 Å². The standard InChI is InChI=1S/C16H26N4O3S2/c1-15(2)9-12(10-16(3,4)20(15)21)19-14(24)18-11-6-5-7-13(8-11)25(17,22)23/h5-8,12,21H,9-10H2,1-4H3,(H2,17,22,23)(H2,18,19,24). The minimum Gasteiger partial charge on any atom is -0.360 e. The fraction of sp³-hybridized carbons (Fsp3) is 0.562. The Hall–Kier alpha value is -1.26. The summed E-state index contributed by atoms with van der Waals surface area (Å²) >= 11 is 5.35. The van der Waals surface area contributed by atoms with Crippen molar-refractivity contribution in [2.75, 3.05) is 5.32 Å². The van der Waals surface area contributed by atoms with Crippen molar-refractivity contribution in [3.05, 3.63) is 24.3 Å². The Morgan fingerprint density at radius 1 is 1.28 bits per heavy atom. The number of benzene rings is 1. The third-order valence-corrected chi connectivity index (χ3v) is 5.53. The molecule has 0 aromatic heterocycles. The third-order valence-electron chi connectivity index (χ3n) is 4.39. The summed E-state index contributed by atoms with van der Waals surface area (Å²) in [5.41, 5.74) is -0.229. The summed E-state index contributed by atoms with van der Waals surface area (Å²) in [6.07, 6.45) is 1.43. The molecule has 0 bridgehead atoms. The van der Waals surface area contributed by atoms with E-state index in [1.807, 2.05) is 27.7 Å². The lowest BCUT2D eigenvalue weighted by atomic mass is 9.79. The van der Waals surface area contributed by atoms with E-state index in [2.05, 4.69) is 10.6 Å². The van der Waals surface area contributed by atoms with E-state index in [4.69, 9.17) is 17.4 Å². The molecule has 1 aliphatic heterocycles. The van der Waals surface area contributed by atoms with Crippen LogP contribution in [-0.4, -0.2) is 40.9 Å². The SMILES string of the molecule is CC1(C)CC(NC(=S)Nc2cccc(S(N)(=O)=O)c2)CC(C)(C)N1O. The highest BCUT2D eigenvalue weighted by atomic mass is 32.2. The second-order valence-corrected chi connectivity index (χ2v) is 9.68. The van der Waals surface area contributed by atoms with Crippen LogP contribution in [0.2, 0.25) is 0 Å². The molecule has 0 saturated carbocycles. The number of hydrogen-bond donors (Lipinski definition) is 4. The van der Waals surface area contributed by atoms with Crippen LogP contribution < -0.4 is 15.8 Å². The van der Waals surface area contributed by atoms with Crippen LogP contribution in [0.5, 0.6) is 0 Å². The monoisotopic (exact) mass is 386 g/mol.